The van der Waals surface area contributed by atoms with Crippen molar-refractivity contribution in [1.29, 1.82) is 0 Å². The summed E-state index contributed by atoms with van der Waals surface area (Å²) in [6.45, 7) is 4.37. The molecule has 0 atom stereocenters. The number of hydrogen-bond donors (Lipinski definition) is 1. The topological polar surface area (TPSA) is 35.2 Å². The van der Waals surface area contributed by atoms with Gasteiger partial charge in [0.1, 0.15) is 5.75 Å². The highest BCUT2D eigenvalue weighted by Crippen LogP contribution is 2.28. The third kappa shape index (κ3) is 2.91. The van der Waals surface area contributed by atoms with E-state index in [1.807, 2.05) is 19.1 Å². The van der Waals surface area contributed by atoms with Gasteiger partial charge in [-0.1, -0.05) is 6.92 Å². The van der Waals surface area contributed by atoms with Crippen molar-refractivity contribution in [3.8, 4) is 5.75 Å². The highest BCUT2D eigenvalue weighted by Gasteiger charge is 2.19. The van der Waals surface area contributed by atoms with E-state index in [1.54, 1.807) is 0 Å². The molecule has 0 saturated heterocycles. The van der Waals surface area contributed by atoms with Crippen LogP contribution in [0.5, 0.6) is 5.75 Å². The van der Waals surface area contributed by atoms with Gasteiger partial charge >= 0.3 is 0 Å². The van der Waals surface area contributed by atoms with E-state index in [-0.39, 0.29) is 0 Å². The molecule has 2 heteroatoms. The molecule has 1 aromatic rings. The molecule has 0 spiro atoms. The van der Waals surface area contributed by atoms with E-state index in [0.717, 1.165) is 17.4 Å². The second kappa shape index (κ2) is 4.77. The summed E-state index contributed by atoms with van der Waals surface area (Å²) < 4.78 is 5.99. The van der Waals surface area contributed by atoms with E-state index in [1.165, 1.54) is 31.2 Å². The Bertz CT molecular complexity index is 334. The van der Waals surface area contributed by atoms with Gasteiger partial charge in [0, 0.05) is 11.8 Å². The van der Waals surface area contributed by atoms with E-state index < -0.39 is 0 Å². The minimum Gasteiger partial charge on any atom is -0.490 e. The quantitative estimate of drug-likeness (QED) is 0.772. The molecule has 1 aromatic carbocycles. The lowest BCUT2D eigenvalue weighted by atomic mass is 9.89. The fraction of sp³-hybridized carbons (Fsp3) is 0.571. The van der Waals surface area contributed by atoms with Crippen LogP contribution in [0.4, 0.5) is 5.69 Å². The van der Waals surface area contributed by atoms with Gasteiger partial charge in [-0.25, -0.2) is 0 Å². The number of hydrogen-bond acceptors (Lipinski definition) is 2. The molecule has 16 heavy (non-hydrogen) atoms. The van der Waals surface area contributed by atoms with E-state index in [9.17, 15) is 0 Å². The molecule has 2 nitrogen and oxygen atoms in total. The van der Waals surface area contributed by atoms with Gasteiger partial charge in [-0.15, -0.1) is 0 Å². The fourth-order valence-corrected chi connectivity index (χ4v) is 2.38. The number of aryl methyl sites for hydroxylation is 1. The monoisotopic (exact) mass is 219 g/mol. The zero-order valence-corrected chi connectivity index (χ0v) is 10.2. The first-order valence-corrected chi connectivity index (χ1v) is 6.17. The SMILES string of the molecule is Cc1cc(N)cc(OC2CCC(C)CC2)c1. The van der Waals surface area contributed by atoms with Crippen LogP contribution in [0.2, 0.25) is 0 Å². The van der Waals surface area contributed by atoms with E-state index in [2.05, 4.69) is 13.0 Å². The lowest BCUT2D eigenvalue weighted by molar-refractivity contribution is 0.135. The average molecular weight is 219 g/mol. The second-order valence-corrected chi connectivity index (χ2v) is 5.08. The van der Waals surface area contributed by atoms with Crippen LogP contribution in [0.1, 0.15) is 38.2 Å². The van der Waals surface area contributed by atoms with Crippen molar-refractivity contribution in [2.24, 2.45) is 5.92 Å². The van der Waals surface area contributed by atoms with Crippen LogP contribution in [0, 0.1) is 12.8 Å². The van der Waals surface area contributed by atoms with Crippen LogP contribution in [0.15, 0.2) is 18.2 Å². The fourth-order valence-electron chi connectivity index (χ4n) is 2.38. The second-order valence-electron chi connectivity index (χ2n) is 5.08. The third-order valence-electron chi connectivity index (χ3n) is 3.34. The van der Waals surface area contributed by atoms with Gasteiger partial charge in [-0.2, -0.15) is 0 Å². The number of rotatable bonds is 2. The summed E-state index contributed by atoms with van der Waals surface area (Å²) in [7, 11) is 0. The maximum Gasteiger partial charge on any atom is 0.122 e. The molecule has 1 aliphatic rings. The van der Waals surface area contributed by atoms with Gasteiger partial charge in [0.25, 0.3) is 0 Å². The molecule has 0 bridgehead atoms. The first kappa shape index (κ1) is 11.3. The smallest absolute Gasteiger partial charge is 0.122 e. The predicted octanol–water partition coefficient (Wildman–Crippen LogP) is 3.53. The Kier molecular flexibility index (Phi) is 3.37. The van der Waals surface area contributed by atoms with Crippen molar-refractivity contribution < 1.29 is 4.74 Å². The highest BCUT2D eigenvalue weighted by atomic mass is 16.5. The van der Waals surface area contributed by atoms with Crippen molar-refractivity contribution in [2.45, 2.75) is 45.6 Å². The van der Waals surface area contributed by atoms with Gasteiger partial charge in [-0.3, -0.25) is 0 Å². The summed E-state index contributed by atoms with van der Waals surface area (Å²) in [5.74, 6) is 1.79. The van der Waals surface area contributed by atoms with Crippen LogP contribution < -0.4 is 10.5 Å². The summed E-state index contributed by atoms with van der Waals surface area (Å²) in [5, 5.41) is 0. The van der Waals surface area contributed by atoms with Gasteiger partial charge in [0.15, 0.2) is 0 Å². The molecule has 0 unspecified atom stereocenters. The Morgan fingerprint density at radius 3 is 2.44 bits per heavy atom. The summed E-state index contributed by atoms with van der Waals surface area (Å²) in [6, 6.07) is 5.95. The summed E-state index contributed by atoms with van der Waals surface area (Å²) >= 11 is 0. The first-order valence-electron chi connectivity index (χ1n) is 6.17. The molecule has 0 aromatic heterocycles. The zero-order chi connectivity index (χ0) is 11.5. The molecule has 1 aliphatic carbocycles. The van der Waals surface area contributed by atoms with Crippen molar-refractivity contribution >= 4 is 5.69 Å². The van der Waals surface area contributed by atoms with E-state index in [0.29, 0.717) is 6.10 Å². The van der Waals surface area contributed by atoms with Crippen molar-refractivity contribution in [3.05, 3.63) is 23.8 Å². The maximum atomic E-state index is 5.99. The van der Waals surface area contributed by atoms with Crippen LogP contribution in [0.3, 0.4) is 0 Å². The predicted molar refractivity (Wildman–Crippen MR) is 67.6 cm³/mol. The molecular weight excluding hydrogens is 198 g/mol. The Morgan fingerprint density at radius 2 is 1.81 bits per heavy atom. The molecule has 1 saturated carbocycles. The minimum absolute atomic E-state index is 0.386. The number of benzene rings is 1. The molecule has 1 fully saturated rings. The number of ether oxygens (including phenoxy) is 1. The Hall–Kier alpha value is -1.18. The maximum absolute atomic E-state index is 5.99. The zero-order valence-electron chi connectivity index (χ0n) is 10.2. The van der Waals surface area contributed by atoms with Gasteiger partial charge < -0.3 is 10.5 Å². The lowest BCUT2D eigenvalue weighted by Crippen LogP contribution is -2.23. The normalized spacial score (nSPS) is 25.4. The molecule has 0 heterocycles. The van der Waals surface area contributed by atoms with Crippen LogP contribution in [-0.4, -0.2) is 6.10 Å². The van der Waals surface area contributed by atoms with E-state index in [4.69, 9.17) is 10.5 Å². The third-order valence-corrected chi connectivity index (χ3v) is 3.34. The summed E-state index contributed by atoms with van der Waals surface area (Å²) in [5.41, 5.74) is 7.76. The van der Waals surface area contributed by atoms with Gasteiger partial charge in [0.2, 0.25) is 0 Å². The van der Waals surface area contributed by atoms with Gasteiger partial charge in [0.05, 0.1) is 6.10 Å². The molecule has 2 rings (SSSR count). The van der Waals surface area contributed by atoms with Crippen LogP contribution >= 0.6 is 0 Å². The minimum atomic E-state index is 0.386. The summed E-state index contributed by atoms with van der Waals surface area (Å²) in [6.07, 6.45) is 5.31. The number of nitrogens with two attached hydrogens (primary N) is 1. The molecule has 0 amide bonds. The molecule has 2 N–H and O–H groups in total. The molecule has 88 valence electrons. The standard InChI is InChI=1S/C14H21NO/c1-10-3-5-13(6-4-10)16-14-8-11(2)7-12(15)9-14/h7-10,13H,3-6,15H2,1-2H3. The Labute approximate surface area is 97.8 Å². The van der Waals surface area contributed by atoms with Crippen LogP contribution in [0.25, 0.3) is 0 Å². The van der Waals surface area contributed by atoms with E-state index >= 15 is 0 Å². The largest absolute Gasteiger partial charge is 0.490 e. The molecular formula is C14H21NO. The Morgan fingerprint density at radius 1 is 1.12 bits per heavy atom. The van der Waals surface area contributed by atoms with Crippen LogP contribution in [-0.2, 0) is 0 Å². The van der Waals surface area contributed by atoms with Gasteiger partial charge in [-0.05, 0) is 56.2 Å². The van der Waals surface area contributed by atoms with Crippen molar-refractivity contribution in [3.63, 3.8) is 0 Å². The molecule has 0 aliphatic heterocycles. The highest BCUT2D eigenvalue weighted by molar-refractivity contribution is 5.47. The Balaban J connectivity index is 1.98. The van der Waals surface area contributed by atoms with Crippen molar-refractivity contribution in [1.82, 2.24) is 0 Å². The lowest BCUT2D eigenvalue weighted by Gasteiger charge is -2.27. The van der Waals surface area contributed by atoms with Crippen molar-refractivity contribution in [2.75, 3.05) is 5.73 Å². The molecule has 0 radical (unpaired) electrons. The number of nitrogen functional groups attached to an aromatic ring is 1. The number of anilines is 1. The summed E-state index contributed by atoms with van der Waals surface area (Å²) in [4.78, 5) is 0. The first-order chi connectivity index (χ1) is 7.63. The average Bonchev–Trinajstić information content (AvgIpc) is 2.20.